The number of carbonyl (C=O) groups is 1. The van der Waals surface area contributed by atoms with Gasteiger partial charge in [-0.2, -0.15) is 0 Å². The normalized spacial score (nSPS) is 12.9. The highest BCUT2D eigenvalue weighted by Gasteiger charge is 2.10. The van der Waals surface area contributed by atoms with E-state index in [4.69, 9.17) is 9.84 Å². The predicted octanol–water partition coefficient (Wildman–Crippen LogP) is 0.546. The molecule has 1 atom stereocenters. The van der Waals surface area contributed by atoms with Crippen molar-refractivity contribution in [2.24, 2.45) is 5.92 Å². The van der Waals surface area contributed by atoms with Gasteiger partial charge in [0, 0.05) is 13.5 Å². The maximum absolute atomic E-state index is 11.3. The number of carbonyl (C=O) groups excluding carboxylic acids is 1. The molecule has 4 nitrogen and oxygen atoms in total. The van der Waals surface area contributed by atoms with Gasteiger partial charge in [0.2, 0.25) is 5.91 Å². The maximum Gasteiger partial charge on any atom is 0.220 e. The number of ether oxygens (including phenoxy) is 1. The Hall–Kier alpha value is -0.610. The van der Waals surface area contributed by atoms with Crippen LogP contribution in [0.1, 0.15) is 26.7 Å². The van der Waals surface area contributed by atoms with E-state index in [1.165, 1.54) is 0 Å². The highest BCUT2D eigenvalue weighted by atomic mass is 16.5. The molecule has 0 radical (unpaired) electrons. The molecule has 1 amide bonds. The Balaban J connectivity index is 3.67. The lowest BCUT2D eigenvalue weighted by molar-refractivity contribution is -0.122. The lowest BCUT2D eigenvalue weighted by Gasteiger charge is -2.15. The second-order valence-corrected chi connectivity index (χ2v) is 3.83. The Labute approximate surface area is 85.6 Å². The number of hydrogen-bond donors (Lipinski definition) is 2. The van der Waals surface area contributed by atoms with Crippen molar-refractivity contribution in [3.8, 4) is 0 Å². The lowest BCUT2D eigenvalue weighted by Crippen LogP contribution is -2.40. The zero-order valence-corrected chi connectivity index (χ0v) is 9.25. The number of methoxy groups -OCH3 is 1. The van der Waals surface area contributed by atoms with Crippen LogP contribution in [-0.2, 0) is 9.53 Å². The van der Waals surface area contributed by atoms with Gasteiger partial charge in [-0.3, -0.25) is 4.79 Å². The van der Waals surface area contributed by atoms with E-state index in [1.807, 2.05) is 0 Å². The third kappa shape index (κ3) is 6.86. The minimum atomic E-state index is -0.278. The summed E-state index contributed by atoms with van der Waals surface area (Å²) in [6, 6.07) is -0.278. The minimum absolute atomic E-state index is 0.0187. The summed E-state index contributed by atoms with van der Waals surface area (Å²) in [5.74, 6) is 0.505. The van der Waals surface area contributed by atoms with E-state index in [-0.39, 0.29) is 18.6 Å². The van der Waals surface area contributed by atoms with Crippen LogP contribution < -0.4 is 5.32 Å². The zero-order chi connectivity index (χ0) is 11.0. The first-order valence-corrected chi connectivity index (χ1v) is 4.99. The Bertz CT molecular complexity index is 159. The molecule has 0 bridgehead atoms. The quantitative estimate of drug-likeness (QED) is 0.635. The maximum atomic E-state index is 11.3. The minimum Gasteiger partial charge on any atom is -0.394 e. The SMILES string of the molecule is COCC(CO)NC(=O)CCC(C)C. The van der Waals surface area contributed by atoms with Crippen molar-refractivity contribution in [1.29, 1.82) is 0 Å². The van der Waals surface area contributed by atoms with E-state index in [1.54, 1.807) is 7.11 Å². The number of aliphatic hydroxyl groups is 1. The molecule has 0 aliphatic carbocycles. The van der Waals surface area contributed by atoms with Gasteiger partial charge in [-0.1, -0.05) is 13.8 Å². The van der Waals surface area contributed by atoms with Gasteiger partial charge in [-0.25, -0.2) is 0 Å². The first-order valence-electron chi connectivity index (χ1n) is 4.99. The molecule has 0 saturated carbocycles. The van der Waals surface area contributed by atoms with Crippen molar-refractivity contribution < 1.29 is 14.6 Å². The van der Waals surface area contributed by atoms with Crippen molar-refractivity contribution in [3.05, 3.63) is 0 Å². The smallest absolute Gasteiger partial charge is 0.220 e. The van der Waals surface area contributed by atoms with Crippen molar-refractivity contribution in [3.63, 3.8) is 0 Å². The molecule has 0 rings (SSSR count). The van der Waals surface area contributed by atoms with Crippen molar-refractivity contribution in [2.45, 2.75) is 32.7 Å². The van der Waals surface area contributed by atoms with Crippen LogP contribution in [-0.4, -0.2) is 37.4 Å². The summed E-state index contributed by atoms with van der Waals surface area (Å²) in [6.07, 6.45) is 1.38. The van der Waals surface area contributed by atoms with Crippen LogP contribution in [0.3, 0.4) is 0 Å². The zero-order valence-electron chi connectivity index (χ0n) is 9.25. The second-order valence-electron chi connectivity index (χ2n) is 3.83. The summed E-state index contributed by atoms with van der Waals surface area (Å²) in [5.41, 5.74) is 0. The summed E-state index contributed by atoms with van der Waals surface area (Å²) in [6.45, 7) is 4.42. The van der Waals surface area contributed by atoms with Crippen molar-refractivity contribution >= 4 is 5.91 Å². The predicted molar refractivity (Wildman–Crippen MR) is 55.0 cm³/mol. The van der Waals surface area contributed by atoms with Crippen molar-refractivity contribution in [2.75, 3.05) is 20.3 Å². The molecule has 0 aliphatic rings. The Kier molecular flexibility index (Phi) is 7.42. The van der Waals surface area contributed by atoms with Gasteiger partial charge in [0.05, 0.1) is 19.3 Å². The molecule has 0 aliphatic heterocycles. The van der Waals surface area contributed by atoms with E-state index in [0.29, 0.717) is 18.9 Å². The fourth-order valence-electron chi connectivity index (χ4n) is 1.06. The van der Waals surface area contributed by atoms with Gasteiger partial charge in [0.15, 0.2) is 0 Å². The Morgan fingerprint density at radius 2 is 2.14 bits per heavy atom. The van der Waals surface area contributed by atoms with Crippen LogP contribution in [0.5, 0.6) is 0 Å². The molecule has 0 spiro atoms. The standard InChI is InChI=1S/C10H21NO3/c1-8(2)4-5-10(13)11-9(6-12)7-14-3/h8-9,12H,4-7H2,1-3H3,(H,11,13). The summed E-state index contributed by atoms with van der Waals surface area (Å²) in [5, 5.41) is 11.6. The van der Waals surface area contributed by atoms with Gasteiger partial charge in [-0.15, -0.1) is 0 Å². The molecular weight excluding hydrogens is 182 g/mol. The first kappa shape index (κ1) is 13.4. The molecule has 0 saturated heterocycles. The summed E-state index contributed by atoms with van der Waals surface area (Å²) in [4.78, 5) is 11.3. The molecule has 4 heteroatoms. The molecule has 0 aromatic carbocycles. The Morgan fingerprint density at radius 1 is 1.50 bits per heavy atom. The van der Waals surface area contributed by atoms with Crippen LogP contribution in [0.4, 0.5) is 0 Å². The number of aliphatic hydroxyl groups excluding tert-OH is 1. The largest absolute Gasteiger partial charge is 0.394 e. The van der Waals surface area contributed by atoms with Gasteiger partial charge in [0.25, 0.3) is 0 Å². The monoisotopic (exact) mass is 203 g/mol. The average Bonchev–Trinajstić information content (AvgIpc) is 2.14. The number of amides is 1. The molecular formula is C10H21NO3. The summed E-state index contributed by atoms with van der Waals surface area (Å²) in [7, 11) is 1.54. The summed E-state index contributed by atoms with van der Waals surface area (Å²) < 4.78 is 4.85. The Morgan fingerprint density at radius 3 is 2.57 bits per heavy atom. The van der Waals surface area contributed by atoms with Crippen molar-refractivity contribution in [1.82, 2.24) is 5.32 Å². The van der Waals surface area contributed by atoms with E-state index in [0.717, 1.165) is 6.42 Å². The number of hydrogen-bond acceptors (Lipinski definition) is 3. The molecule has 14 heavy (non-hydrogen) atoms. The number of rotatable bonds is 7. The van der Waals surface area contributed by atoms with Gasteiger partial charge in [-0.05, 0) is 12.3 Å². The number of nitrogens with one attached hydrogen (secondary N) is 1. The molecule has 84 valence electrons. The first-order chi connectivity index (χ1) is 6.60. The highest BCUT2D eigenvalue weighted by Crippen LogP contribution is 2.03. The van der Waals surface area contributed by atoms with Crippen LogP contribution in [0, 0.1) is 5.92 Å². The molecule has 0 aromatic heterocycles. The van der Waals surface area contributed by atoms with E-state index in [2.05, 4.69) is 19.2 Å². The second kappa shape index (κ2) is 7.76. The fourth-order valence-corrected chi connectivity index (χ4v) is 1.06. The topological polar surface area (TPSA) is 58.6 Å². The third-order valence-electron chi connectivity index (χ3n) is 1.90. The molecule has 2 N–H and O–H groups in total. The molecule has 0 fully saturated rings. The fraction of sp³-hybridized carbons (Fsp3) is 0.900. The van der Waals surface area contributed by atoms with Crippen LogP contribution in [0.15, 0.2) is 0 Å². The van der Waals surface area contributed by atoms with Crippen LogP contribution in [0.2, 0.25) is 0 Å². The molecule has 1 unspecified atom stereocenters. The third-order valence-corrected chi connectivity index (χ3v) is 1.90. The van der Waals surface area contributed by atoms with Gasteiger partial charge >= 0.3 is 0 Å². The van der Waals surface area contributed by atoms with E-state index < -0.39 is 0 Å². The van der Waals surface area contributed by atoms with E-state index >= 15 is 0 Å². The van der Waals surface area contributed by atoms with Gasteiger partial charge < -0.3 is 15.2 Å². The molecule has 0 aromatic rings. The lowest BCUT2D eigenvalue weighted by atomic mass is 10.1. The van der Waals surface area contributed by atoms with Gasteiger partial charge in [0.1, 0.15) is 0 Å². The average molecular weight is 203 g/mol. The van der Waals surface area contributed by atoms with Crippen LogP contribution in [0.25, 0.3) is 0 Å². The van der Waals surface area contributed by atoms with E-state index in [9.17, 15) is 4.79 Å². The van der Waals surface area contributed by atoms with Crippen LogP contribution >= 0.6 is 0 Å². The molecule has 0 heterocycles. The summed E-state index contributed by atoms with van der Waals surface area (Å²) >= 11 is 0. The highest BCUT2D eigenvalue weighted by molar-refractivity contribution is 5.76.